The third-order valence-electron chi connectivity index (χ3n) is 2.03. The number of esters is 1. The summed E-state index contributed by atoms with van der Waals surface area (Å²) in [6, 6.07) is 4.39. The van der Waals surface area contributed by atoms with Crippen LogP contribution in [0.25, 0.3) is 0 Å². The van der Waals surface area contributed by atoms with E-state index in [1.807, 2.05) is 0 Å². The Hall–Kier alpha value is -1.69. The van der Waals surface area contributed by atoms with Crippen molar-refractivity contribution in [1.29, 1.82) is 0 Å². The lowest BCUT2D eigenvalue weighted by molar-refractivity contribution is -0.151. The number of nitrogen functional groups attached to an aromatic ring is 1. The van der Waals surface area contributed by atoms with E-state index in [-0.39, 0.29) is 17.3 Å². The summed E-state index contributed by atoms with van der Waals surface area (Å²) in [7, 11) is 0. The number of thioether (sulfide) groups is 1. The van der Waals surface area contributed by atoms with Crippen molar-refractivity contribution >= 4 is 29.4 Å². The van der Waals surface area contributed by atoms with Crippen LogP contribution in [0.1, 0.15) is 31.1 Å². The van der Waals surface area contributed by atoms with Crippen molar-refractivity contribution in [3.05, 3.63) is 23.8 Å². The molecule has 3 N–H and O–H groups in total. The standard InChI is InChI=1S/C13H17NO4S/c1-13(2,3)18-11(15)7-19-10-6-8(12(16)17)4-5-9(10)14/h4-6H,7,14H2,1-3H3,(H,16,17). The fourth-order valence-corrected chi connectivity index (χ4v) is 2.08. The van der Waals surface area contributed by atoms with Crippen LogP contribution in [-0.2, 0) is 9.53 Å². The van der Waals surface area contributed by atoms with Crippen LogP contribution >= 0.6 is 11.8 Å². The zero-order valence-corrected chi connectivity index (χ0v) is 11.9. The predicted molar refractivity (Wildman–Crippen MR) is 74.4 cm³/mol. The second kappa shape index (κ2) is 5.97. The molecule has 5 nitrogen and oxygen atoms in total. The highest BCUT2D eigenvalue weighted by Gasteiger charge is 2.17. The van der Waals surface area contributed by atoms with Crippen molar-refractivity contribution in [1.82, 2.24) is 0 Å². The molecule has 0 unspecified atom stereocenters. The van der Waals surface area contributed by atoms with Crippen molar-refractivity contribution in [2.45, 2.75) is 31.3 Å². The molecule has 104 valence electrons. The number of hydrogen-bond acceptors (Lipinski definition) is 5. The lowest BCUT2D eigenvalue weighted by Gasteiger charge is -2.19. The molecule has 0 atom stereocenters. The van der Waals surface area contributed by atoms with Crippen molar-refractivity contribution in [2.75, 3.05) is 11.5 Å². The van der Waals surface area contributed by atoms with E-state index < -0.39 is 11.6 Å². The van der Waals surface area contributed by atoms with Crippen molar-refractivity contribution in [3.63, 3.8) is 0 Å². The summed E-state index contributed by atoms with van der Waals surface area (Å²) in [6.45, 7) is 5.36. The summed E-state index contributed by atoms with van der Waals surface area (Å²) in [4.78, 5) is 23.0. The average Bonchev–Trinajstić information content (AvgIpc) is 2.25. The summed E-state index contributed by atoms with van der Waals surface area (Å²) in [5.41, 5.74) is 5.78. The Morgan fingerprint density at radius 3 is 2.53 bits per heavy atom. The Labute approximate surface area is 116 Å². The number of carbonyl (C=O) groups excluding carboxylic acids is 1. The molecule has 0 saturated carbocycles. The highest BCUT2D eigenvalue weighted by molar-refractivity contribution is 8.00. The van der Waals surface area contributed by atoms with Gasteiger partial charge in [0.2, 0.25) is 0 Å². The smallest absolute Gasteiger partial charge is 0.335 e. The zero-order valence-electron chi connectivity index (χ0n) is 11.1. The highest BCUT2D eigenvalue weighted by Crippen LogP contribution is 2.26. The molecule has 0 amide bonds. The number of anilines is 1. The Balaban J connectivity index is 2.70. The van der Waals surface area contributed by atoms with Gasteiger partial charge in [-0.15, -0.1) is 11.8 Å². The van der Waals surface area contributed by atoms with Gasteiger partial charge in [-0.05, 0) is 39.0 Å². The maximum atomic E-state index is 11.6. The highest BCUT2D eigenvalue weighted by atomic mass is 32.2. The fourth-order valence-electron chi connectivity index (χ4n) is 1.30. The molecule has 0 aliphatic rings. The number of rotatable bonds is 4. The number of carboxylic acids is 1. The Kier molecular flexibility index (Phi) is 4.83. The topological polar surface area (TPSA) is 89.6 Å². The number of aromatic carboxylic acids is 1. The molecule has 1 rings (SSSR count). The van der Waals surface area contributed by atoms with Gasteiger partial charge in [0, 0.05) is 10.6 Å². The third-order valence-corrected chi connectivity index (χ3v) is 3.07. The van der Waals surface area contributed by atoms with E-state index in [0.717, 1.165) is 11.8 Å². The van der Waals surface area contributed by atoms with Crippen LogP contribution in [0.5, 0.6) is 0 Å². The van der Waals surface area contributed by atoms with Gasteiger partial charge in [0.15, 0.2) is 0 Å². The van der Waals surface area contributed by atoms with Gasteiger partial charge in [0.25, 0.3) is 0 Å². The first kappa shape index (κ1) is 15.4. The maximum Gasteiger partial charge on any atom is 0.335 e. The lowest BCUT2D eigenvalue weighted by Crippen LogP contribution is -2.24. The molecule has 0 bridgehead atoms. The monoisotopic (exact) mass is 283 g/mol. The number of benzene rings is 1. The number of nitrogens with two attached hydrogens (primary N) is 1. The van der Waals surface area contributed by atoms with E-state index in [0.29, 0.717) is 10.6 Å². The quantitative estimate of drug-likeness (QED) is 0.501. The average molecular weight is 283 g/mol. The Morgan fingerprint density at radius 2 is 2.00 bits per heavy atom. The largest absolute Gasteiger partial charge is 0.478 e. The number of carbonyl (C=O) groups is 2. The molecule has 0 aliphatic heterocycles. The van der Waals surface area contributed by atoms with E-state index in [2.05, 4.69) is 0 Å². The summed E-state index contributed by atoms with van der Waals surface area (Å²) < 4.78 is 5.16. The molecule has 1 aromatic carbocycles. The molecule has 1 aromatic rings. The van der Waals surface area contributed by atoms with Gasteiger partial charge >= 0.3 is 11.9 Å². The van der Waals surface area contributed by atoms with E-state index in [1.54, 1.807) is 20.8 Å². The molecule has 0 radical (unpaired) electrons. The van der Waals surface area contributed by atoms with Gasteiger partial charge in [-0.25, -0.2) is 4.79 Å². The minimum atomic E-state index is -1.03. The first-order chi connectivity index (χ1) is 8.69. The first-order valence-corrected chi connectivity index (χ1v) is 6.65. The molecule has 6 heteroatoms. The lowest BCUT2D eigenvalue weighted by atomic mass is 10.2. The molecule has 0 aliphatic carbocycles. The van der Waals surface area contributed by atoms with E-state index in [4.69, 9.17) is 15.6 Å². The second-order valence-electron chi connectivity index (χ2n) is 4.93. The minimum absolute atomic E-state index is 0.0878. The number of hydrogen-bond donors (Lipinski definition) is 2. The van der Waals surface area contributed by atoms with Crippen LogP contribution in [0.2, 0.25) is 0 Å². The van der Waals surface area contributed by atoms with Gasteiger partial charge in [-0.3, -0.25) is 4.79 Å². The molecule has 0 heterocycles. The number of carboxylic acid groups (broad SMARTS) is 1. The van der Waals surface area contributed by atoms with Crippen molar-refractivity contribution in [2.24, 2.45) is 0 Å². The fraction of sp³-hybridized carbons (Fsp3) is 0.385. The zero-order chi connectivity index (χ0) is 14.6. The Morgan fingerprint density at radius 1 is 1.37 bits per heavy atom. The second-order valence-corrected chi connectivity index (χ2v) is 5.95. The molecule has 0 spiro atoms. The maximum absolute atomic E-state index is 11.6. The summed E-state index contributed by atoms with van der Waals surface area (Å²) >= 11 is 1.16. The molecule has 0 saturated heterocycles. The summed E-state index contributed by atoms with van der Waals surface area (Å²) in [5.74, 6) is -1.30. The van der Waals surface area contributed by atoms with Gasteiger partial charge in [-0.1, -0.05) is 0 Å². The van der Waals surface area contributed by atoms with Crippen LogP contribution in [0.15, 0.2) is 23.1 Å². The van der Waals surface area contributed by atoms with Crippen LogP contribution < -0.4 is 5.73 Å². The molecular weight excluding hydrogens is 266 g/mol. The van der Waals surface area contributed by atoms with E-state index in [9.17, 15) is 9.59 Å². The summed E-state index contributed by atoms with van der Waals surface area (Å²) in [5, 5.41) is 8.89. The van der Waals surface area contributed by atoms with Gasteiger partial charge in [-0.2, -0.15) is 0 Å². The van der Waals surface area contributed by atoms with Crippen LogP contribution in [-0.4, -0.2) is 28.4 Å². The SMILES string of the molecule is CC(C)(C)OC(=O)CSc1cc(C(=O)O)ccc1N. The molecule has 0 fully saturated rings. The van der Waals surface area contributed by atoms with Gasteiger partial charge < -0.3 is 15.6 Å². The minimum Gasteiger partial charge on any atom is -0.478 e. The van der Waals surface area contributed by atoms with Crippen LogP contribution in [0, 0.1) is 0 Å². The van der Waals surface area contributed by atoms with Gasteiger partial charge in [0.05, 0.1) is 11.3 Å². The van der Waals surface area contributed by atoms with E-state index >= 15 is 0 Å². The van der Waals surface area contributed by atoms with Gasteiger partial charge in [0.1, 0.15) is 5.60 Å². The third kappa shape index (κ3) is 5.21. The Bertz CT molecular complexity index is 494. The van der Waals surface area contributed by atoms with Crippen LogP contribution in [0.3, 0.4) is 0 Å². The van der Waals surface area contributed by atoms with E-state index in [1.165, 1.54) is 18.2 Å². The molecular formula is C13H17NO4S. The first-order valence-electron chi connectivity index (χ1n) is 5.66. The van der Waals surface area contributed by atoms with Crippen LogP contribution in [0.4, 0.5) is 5.69 Å². The van der Waals surface area contributed by atoms with Crippen molar-refractivity contribution in [3.8, 4) is 0 Å². The number of ether oxygens (including phenoxy) is 1. The van der Waals surface area contributed by atoms with Crippen molar-refractivity contribution < 1.29 is 19.4 Å². The summed E-state index contributed by atoms with van der Waals surface area (Å²) in [6.07, 6.45) is 0. The normalized spacial score (nSPS) is 11.1. The molecule has 19 heavy (non-hydrogen) atoms. The predicted octanol–water partition coefficient (Wildman–Crippen LogP) is 2.40. The molecule has 0 aromatic heterocycles.